The molecule has 0 fully saturated rings. The topological polar surface area (TPSA) is 20.2 Å². The first-order valence-corrected chi connectivity index (χ1v) is 6.32. The van der Waals surface area contributed by atoms with Gasteiger partial charge in [-0.05, 0) is 50.0 Å². The van der Waals surface area contributed by atoms with Gasteiger partial charge in [-0.2, -0.15) is 0 Å². The number of allylic oxidation sites excluding steroid dienone is 2. The molecule has 1 nitrogen and oxygen atoms in total. The van der Waals surface area contributed by atoms with Gasteiger partial charge in [0.1, 0.15) is 5.60 Å². The van der Waals surface area contributed by atoms with Crippen LogP contribution in [-0.4, -0.2) is 10.7 Å². The highest BCUT2D eigenvalue weighted by atomic mass is 16.3. The Labute approximate surface area is 92.9 Å². The summed E-state index contributed by atoms with van der Waals surface area (Å²) < 4.78 is 0. The number of hydrogen-bond acceptors (Lipinski definition) is 1. The van der Waals surface area contributed by atoms with Gasteiger partial charge in [0.05, 0.1) is 0 Å². The Morgan fingerprint density at radius 1 is 1.33 bits per heavy atom. The fourth-order valence-corrected chi connectivity index (χ4v) is 2.63. The fourth-order valence-electron chi connectivity index (χ4n) is 2.63. The number of rotatable bonds is 1. The lowest BCUT2D eigenvalue weighted by Gasteiger charge is -2.32. The summed E-state index contributed by atoms with van der Waals surface area (Å²) in [7, 11) is 0. The Bertz CT molecular complexity index is 277. The molecule has 0 bridgehead atoms. The normalized spacial score (nSPS) is 37.2. The molecular weight excluding hydrogens is 184 g/mol. The zero-order chi connectivity index (χ0) is 10.7. The average molecular weight is 206 g/mol. The second-order valence-electron chi connectivity index (χ2n) is 5.13. The lowest BCUT2D eigenvalue weighted by atomic mass is 9.79. The summed E-state index contributed by atoms with van der Waals surface area (Å²) in [5.41, 5.74) is 0.680. The summed E-state index contributed by atoms with van der Waals surface area (Å²) in [4.78, 5) is 0. The molecule has 2 aliphatic rings. The van der Waals surface area contributed by atoms with Crippen LogP contribution in [0.15, 0.2) is 23.8 Å². The summed E-state index contributed by atoms with van der Waals surface area (Å²) in [5, 5.41) is 10.6. The van der Waals surface area contributed by atoms with E-state index in [1.54, 1.807) is 0 Å². The van der Waals surface area contributed by atoms with E-state index in [9.17, 15) is 5.11 Å². The highest BCUT2D eigenvalue weighted by molar-refractivity contribution is 5.27. The minimum absolute atomic E-state index is 0.600. The predicted molar refractivity (Wildman–Crippen MR) is 63.7 cm³/mol. The molecule has 2 aliphatic carbocycles. The van der Waals surface area contributed by atoms with Crippen molar-refractivity contribution in [1.29, 1.82) is 0 Å². The molecular formula is C14H22O. The van der Waals surface area contributed by atoms with Gasteiger partial charge in [0.25, 0.3) is 0 Å². The van der Waals surface area contributed by atoms with Crippen molar-refractivity contribution in [1.82, 2.24) is 0 Å². The molecule has 0 radical (unpaired) electrons. The van der Waals surface area contributed by atoms with E-state index in [1.807, 2.05) is 6.08 Å². The molecule has 2 rings (SSSR count). The van der Waals surface area contributed by atoms with Crippen molar-refractivity contribution >= 4 is 0 Å². The highest BCUT2D eigenvalue weighted by Crippen LogP contribution is 2.35. The quantitative estimate of drug-likeness (QED) is 0.650. The third kappa shape index (κ3) is 2.52. The van der Waals surface area contributed by atoms with Crippen LogP contribution in [-0.2, 0) is 0 Å². The van der Waals surface area contributed by atoms with Crippen LogP contribution < -0.4 is 0 Å². The van der Waals surface area contributed by atoms with E-state index in [4.69, 9.17) is 0 Å². The van der Waals surface area contributed by atoms with E-state index in [2.05, 4.69) is 19.1 Å². The van der Waals surface area contributed by atoms with Crippen molar-refractivity contribution in [3.63, 3.8) is 0 Å². The largest absolute Gasteiger partial charge is 0.381 e. The van der Waals surface area contributed by atoms with Gasteiger partial charge >= 0.3 is 0 Å². The molecule has 0 aromatic heterocycles. The summed E-state index contributed by atoms with van der Waals surface area (Å²) in [6.07, 6.45) is 14.6. The maximum absolute atomic E-state index is 10.6. The summed E-state index contributed by atoms with van der Waals surface area (Å²) in [5.74, 6) is 0.636. The van der Waals surface area contributed by atoms with Crippen LogP contribution in [0, 0.1) is 5.92 Å². The Kier molecular flexibility index (Phi) is 3.30. The van der Waals surface area contributed by atoms with Gasteiger partial charge in [-0.25, -0.2) is 0 Å². The van der Waals surface area contributed by atoms with E-state index >= 15 is 0 Å². The Hall–Kier alpha value is -0.560. The minimum atomic E-state index is -0.600. The molecule has 0 saturated heterocycles. The molecule has 84 valence electrons. The molecule has 0 aliphatic heterocycles. The highest BCUT2D eigenvalue weighted by Gasteiger charge is 2.31. The van der Waals surface area contributed by atoms with Crippen LogP contribution in [0.3, 0.4) is 0 Å². The van der Waals surface area contributed by atoms with Crippen molar-refractivity contribution in [2.24, 2.45) is 5.92 Å². The van der Waals surface area contributed by atoms with E-state index in [-0.39, 0.29) is 0 Å². The number of aliphatic hydroxyl groups is 1. The second-order valence-corrected chi connectivity index (χ2v) is 5.13. The van der Waals surface area contributed by atoms with Crippen molar-refractivity contribution in [3.05, 3.63) is 23.8 Å². The third-order valence-corrected chi connectivity index (χ3v) is 3.78. The van der Waals surface area contributed by atoms with Crippen LogP contribution in [0.2, 0.25) is 0 Å². The monoisotopic (exact) mass is 206 g/mol. The van der Waals surface area contributed by atoms with Crippen LogP contribution in [0.25, 0.3) is 0 Å². The summed E-state index contributed by atoms with van der Waals surface area (Å²) >= 11 is 0. The molecule has 0 heterocycles. The Balaban J connectivity index is 2.13. The Morgan fingerprint density at radius 2 is 2.20 bits per heavy atom. The minimum Gasteiger partial charge on any atom is -0.381 e. The SMILES string of the molecule is CC1C=CC(O)(C2=CCCCCC2)CC1. The maximum Gasteiger partial charge on any atom is 0.104 e. The van der Waals surface area contributed by atoms with Gasteiger partial charge in [0, 0.05) is 0 Å². The predicted octanol–water partition coefficient (Wildman–Crippen LogP) is 3.59. The molecule has 1 N–H and O–H groups in total. The molecule has 0 amide bonds. The fraction of sp³-hybridized carbons (Fsp3) is 0.714. The van der Waals surface area contributed by atoms with Crippen LogP contribution >= 0.6 is 0 Å². The molecule has 15 heavy (non-hydrogen) atoms. The first-order chi connectivity index (χ1) is 7.21. The zero-order valence-corrected chi connectivity index (χ0v) is 9.71. The third-order valence-electron chi connectivity index (χ3n) is 3.78. The van der Waals surface area contributed by atoms with Crippen LogP contribution in [0.1, 0.15) is 51.9 Å². The maximum atomic E-state index is 10.6. The molecule has 2 unspecified atom stereocenters. The van der Waals surface area contributed by atoms with Gasteiger partial charge < -0.3 is 5.11 Å². The van der Waals surface area contributed by atoms with E-state index in [1.165, 1.54) is 24.8 Å². The van der Waals surface area contributed by atoms with E-state index in [0.717, 1.165) is 25.7 Å². The molecule has 1 heteroatoms. The second kappa shape index (κ2) is 4.52. The smallest absolute Gasteiger partial charge is 0.104 e. The van der Waals surface area contributed by atoms with Crippen molar-refractivity contribution in [3.8, 4) is 0 Å². The van der Waals surface area contributed by atoms with E-state index in [0.29, 0.717) is 5.92 Å². The van der Waals surface area contributed by atoms with Crippen molar-refractivity contribution in [2.45, 2.75) is 57.5 Å². The van der Waals surface area contributed by atoms with Crippen molar-refractivity contribution < 1.29 is 5.11 Å². The molecule has 0 aromatic rings. The molecule has 0 aromatic carbocycles. The Morgan fingerprint density at radius 3 is 2.93 bits per heavy atom. The lowest BCUT2D eigenvalue weighted by molar-refractivity contribution is 0.102. The van der Waals surface area contributed by atoms with Gasteiger partial charge in [0.2, 0.25) is 0 Å². The van der Waals surface area contributed by atoms with Crippen molar-refractivity contribution in [2.75, 3.05) is 0 Å². The van der Waals surface area contributed by atoms with Gasteiger partial charge in [-0.1, -0.05) is 31.6 Å². The van der Waals surface area contributed by atoms with Gasteiger partial charge in [-0.15, -0.1) is 0 Å². The van der Waals surface area contributed by atoms with E-state index < -0.39 is 5.60 Å². The number of hydrogen-bond donors (Lipinski definition) is 1. The van der Waals surface area contributed by atoms with Gasteiger partial charge in [-0.3, -0.25) is 0 Å². The average Bonchev–Trinajstić information content (AvgIpc) is 2.51. The first-order valence-electron chi connectivity index (χ1n) is 6.32. The molecule has 0 spiro atoms. The first kappa shape index (κ1) is 10.9. The summed E-state index contributed by atoms with van der Waals surface area (Å²) in [6, 6.07) is 0. The van der Waals surface area contributed by atoms with Crippen LogP contribution in [0.4, 0.5) is 0 Å². The van der Waals surface area contributed by atoms with Crippen LogP contribution in [0.5, 0.6) is 0 Å². The summed E-state index contributed by atoms with van der Waals surface area (Å²) in [6.45, 7) is 2.22. The lowest BCUT2D eigenvalue weighted by Crippen LogP contribution is -2.31. The molecule has 0 saturated carbocycles. The molecule has 2 atom stereocenters. The standard InChI is InChI=1S/C14H22O/c1-12-8-10-14(15,11-9-12)13-6-4-2-3-5-7-13/h6,8,10,12,15H,2-5,7,9,11H2,1H3. The van der Waals surface area contributed by atoms with Gasteiger partial charge in [0.15, 0.2) is 0 Å². The zero-order valence-electron chi connectivity index (χ0n) is 9.71.